The Labute approximate surface area is 187 Å². The topological polar surface area (TPSA) is 85.1 Å². The van der Waals surface area contributed by atoms with Gasteiger partial charge in [0.05, 0.1) is 15.5 Å². The molecule has 31 heavy (non-hydrogen) atoms. The number of anilines is 1. The number of halogens is 1. The van der Waals surface area contributed by atoms with Gasteiger partial charge < -0.3 is 0 Å². The maximum atomic E-state index is 12.6. The van der Waals surface area contributed by atoms with Crippen LogP contribution in [0.2, 0.25) is 5.02 Å². The number of nitrogens with zero attached hydrogens (tertiary/aromatic N) is 2. The SMILES string of the molecule is Cc1ccc(-c2sc(NC(=O)c3ccc(Cl)cc3)nc2-c2ccc([N+](=O)[O-])cc2)cc1. The van der Waals surface area contributed by atoms with E-state index in [0.29, 0.717) is 21.4 Å². The van der Waals surface area contributed by atoms with E-state index in [4.69, 9.17) is 11.6 Å². The summed E-state index contributed by atoms with van der Waals surface area (Å²) in [6.45, 7) is 2.01. The molecule has 0 aliphatic heterocycles. The third-order valence-electron chi connectivity index (χ3n) is 4.62. The molecular formula is C23H16ClN3O3S. The van der Waals surface area contributed by atoms with E-state index >= 15 is 0 Å². The summed E-state index contributed by atoms with van der Waals surface area (Å²) in [5.74, 6) is -0.295. The van der Waals surface area contributed by atoms with E-state index in [1.807, 2.05) is 31.2 Å². The standard InChI is InChI=1S/C23H16ClN3O3S/c1-14-2-4-16(5-3-14)21-20(15-8-12-19(13-9-15)27(29)30)25-23(31-21)26-22(28)17-6-10-18(24)11-7-17/h2-13H,1H3,(H,25,26,28). The molecule has 0 saturated heterocycles. The van der Waals surface area contributed by atoms with E-state index in [2.05, 4.69) is 10.3 Å². The van der Waals surface area contributed by atoms with Crippen LogP contribution in [0.15, 0.2) is 72.8 Å². The van der Waals surface area contributed by atoms with Gasteiger partial charge in [0.2, 0.25) is 0 Å². The molecule has 4 rings (SSSR count). The van der Waals surface area contributed by atoms with Gasteiger partial charge in [-0.25, -0.2) is 4.98 Å². The van der Waals surface area contributed by atoms with E-state index < -0.39 is 4.92 Å². The molecule has 0 radical (unpaired) electrons. The Morgan fingerprint density at radius 1 is 0.968 bits per heavy atom. The Morgan fingerprint density at radius 3 is 2.19 bits per heavy atom. The molecular weight excluding hydrogens is 434 g/mol. The van der Waals surface area contributed by atoms with E-state index in [-0.39, 0.29) is 11.6 Å². The quantitative estimate of drug-likeness (QED) is 0.274. The number of hydrogen-bond acceptors (Lipinski definition) is 5. The molecule has 4 aromatic rings. The zero-order chi connectivity index (χ0) is 22.0. The maximum absolute atomic E-state index is 12.6. The highest BCUT2D eigenvalue weighted by molar-refractivity contribution is 7.19. The van der Waals surface area contributed by atoms with E-state index in [9.17, 15) is 14.9 Å². The van der Waals surface area contributed by atoms with Gasteiger partial charge in [0.25, 0.3) is 11.6 Å². The Hall–Kier alpha value is -3.55. The highest BCUT2D eigenvalue weighted by atomic mass is 35.5. The van der Waals surface area contributed by atoms with Crippen molar-refractivity contribution >= 4 is 39.7 Å². The van der Waals surface area contributed by atoms with Crippen LogP contribution < -0.4 is 5.32 Å². The number of hydrogen-bond donors (Lipinski definition) is 1. The number of thiazole rings is 1. The van der Waals surface area contributed by atoms with Crippen molar-refractivity contribution in [2.45, 2.75) is 6.92 Å². The Kier molecular flexibility index (Phi) is 5.79. The first-order valence-corrected chi connectivity index (χ1v) is 10.5. The zero-order valence-corrected chi connectivity index (χ0v) is 17.9. The van der Waals surface area contributed by atoms with E-state index in [1.165, 1.54) is 23.5 Å². The highest BCUT2D eigenvalue weighted by Gasteiger charge is 2.18. The van der Waals surface area contributed by atoms with Crippen LogP contribution in [0.5, 0.6) is 0 Å². The molecule has 0 bridgehead atoms. The third-order valence-corrected chi connectivity index (χ3v) is 5.89. The van der Waals surface area contributed by atoms with Crippen LogP contribution in [0.3, 0.4) is 0 Å². The maximum Gasteiger partial charge on any atom is 0.269 e. The van der Waals surface area contributed by atoms with Crippen molar-refractivity contribution in [2.75, 3.05) is 5.32 Å². The summed E-state index contributed by atoms with van der Waals surface area (Å²) in [5, 5.41) is 14.8. The van der Waals surface area contributed by atoms with Gasteiger partial charge in [0.15, 0.2) is 5.13 Å². The molecule has 0 atom stereocenters. The molecule has 0 unspecified atom stereocenters. The fourth-order valence-corrected chi connectivity index (χ4v) is 4.10. The third kappa shape index (κ3) is 4.63. The van der Waals surface area contributed by atoms with Crippen molar-refractivity contribution in [1.29, 1.82) is 0 Å². The average molecular weight is 450 g/mol. The molecule has 3 aromatic carbocycles. The second-order valence-corrected chi connectivity index (χ2v) is 8.26. The molecule has 0 spiro atoms. The number of rotatable bonds is 5. The highest BCUT2D eigenvalue weighted by Crippen LogP contribution is 2.39. The number of aromatic nitrogens is 1. The Morgan fingerprint density at radius 2 is 1.58 bits per heavy atom. The molecule has 1 aromatic heterocycles. The second-order valence-electron chi connectivity index (χ2n) is 6.83. The molecule has 0 aliphatic carbocycles. The summed E-state index contributed by atoms with van der Waals surface area (Å²) in [6.07, 6.45) is 0. The fraction of sp³-hybridized carbons (Fsp3) is 0.0435. The van der Waals surface area contributed by atoms with Crippen molar-refractivity contribution in [2.24, 2.45) is 0 Å². The normalized spacial score (nSPS) is 10.6. The summed E-state index contributed by atoms with van der Waals surface area (Å²) >= 11 is 7.24. The van der Waals surface area contributed by atoms with Crippen LogP contribution in [0, 0.1) is 17.0 Å². The molecule has 1 heterocycles. The lowest BCUT2D eigenvalue weighted by Gasteiger charge is -2.03. The lowest BCUT2D eigenvalue weighted by atomic mass is 10.1. The van der Waals surface area contributed by atoms with Gasteiger partial charge in [-0.15, -0.1) is 0 Å². The van der Waals surface area contributed by atoms with Gasteiger partial charge >= 0.3 is 0 Å². The smallest absolute Gasteiger partial charge is 0.269 e. The van der Waals surface area contributed by atoms with Crippen LogP contribution in [0.25, 0.3) is 21.7 Å². The van der Waals surface area contributed by atoms with Crippen molar-refractivity contribution < 1.29 is 9.72 Å². The minimum absolute atomic E-state index is 0.00660. The molecule has 6 nitrogen and oxygen atoms in total. The summed E-state index contributed by atoms with van der Waals surface area (Å²) in [6, 6.07) is 20.8. The summed E-state index contributed by atoms with van der Waals surface area (Å²) < 4.78 is 0. The lowest BCUT2D eigenvalue weighted by Crippen LogP contribution is -2.11. The van der Waals surface area contributed by atoms with Crippen molar-refractivity contribution in [1.82, 2.24) is 4.98 Å². The lowest BCUT2D eigenvalue weighted by molar-refractivity contribution is -0.384. The van der Waals surface area contributed by atoms with E-state index in [0.717, 1.165) is 21.6 Å². The number of nitrogens with one attached hydrogen (secondary N) is 1. The molecule has 0 aliphatic rings. The largest absolute Gasteiger partial charge is 0.298 e. The molecule has 0 saturated carbocycles. The van der Waals surface area contributed by atoms with Gasteiger partial charge in [-0.05, 0) is 48.9 Å². The molecule has 1 amide bonds. The number of amides is 1. The average Bonchev–Trinajstić information content (AvgIpc) is 3.18. The molecule has 8 heteroatoms. The summed E-state index contributed by atoms with van der Waals surface area (Å²) in [7, 11) is 0. The number of non-ortho nitro benzene ring substituents is 1. The Balaban J connectivity index is 1.72. The predicted molar refractivity (Wildman–Crippen MR) is 124 cm³/mol. The van der Waals surface area contributed by atoms with Crippen LogP contribution in [0.4, 0.5) is 10.8 Å². The van der Waals surface area contributed by atoms with Crippen LogP contribution >= 0.6 is 22.9 Å². The number of carbonyl (C=O) groups is 1. The van der Waals surface area contributed by atoms with Crippen LogP contribution in [0.1, 0.15) is 15.9 Å². The monoisotopic (exact) mass is 449 g/mol. The van der Waals surface area contributed by atoms with Crippen LogP contribution in [-0.2, 0) is 0 Å². The summed E-state index contributed by atoms with van der Waals surface area (Å²) in [4.78, 5) is 28.7. The zero-order valence-electron chi connectivity index (χ0n) is 16.3. The fourth-order valence-electron chi connectivity index (χ4n) is 2.98. The number of benzene rings is 3. The number of aryl methyl sites for hydroxylation is 1. The van der Waals surface area contributed by atoms with Crippen LogP contribution in [-0.4, -0.2) is 15.8 Å². The van der Waals surface area contributed by atoms with Gasteiger partial charge in [0.1, 0.15) is 0 Å². The van der Waals surface area contributed by atoms with Crippen molar-refractivity contribution in [3.05, 3.63) is 99.1 Å². The van der Waals surface area contributed by atoms with Gasteiger partial charge in [-0.3, -0.25) is 20.2 Å². The number of nitro benzene ring substituents is 1. The van der Waals surface area contributed by atoms with Gasteiger partial charge in [-0.2, -0.15) is 0 Å². The molecule has 0 fully saturated rings. The van der Waals surface area contributed by atoms with Gasteiger partial charge in [0, 0.05) is 28.3 Å². The second kappa shape index (κ2) is 8.67. The summed E-state index contributed by atoms with van der Waals surface area (Å²) in [5.41, 5.74) is 3.92. The number of nitro groups is 1. The minimum Gasteiger partial charge on any atom is -0.298 e. The first-order valence-electron chi connectivity index (χ1n) is 9.30. The van der Waals surface area contributed by atoms with E-state index in [1.54, 1.807) is 36.4 Å². The predicted octanol–water partition coefficient (Wildman–Crippen LogP) is 6.60. The Bertz CT molecular complexity index is 1250. The van der Waals surface area contributed by atoms with Crippen molar-refractivity contribution in [3.8, 4) is 21.7 Å². The molecule has 154 valence electrons. The number of carbonyl (C=O) groups excluding carboxylic acids is 1. The first-order chi connectivity index (χ1) is 14.9. The molecule has 1 N–H and O–H groups in total. The van der Waals surface area contributed by atoms with Gasteiger partial charge in [-0.1, -0.05) is 52.8 Å². The first kappa shape index (κ1) is 20.7. The minimum atomic E-state index is -0.441. The van der Waals surface area contributed by atoms with Crippen molar-refractivity contribution in [3.63, 3.8) is 0 Å².